The van der Waals surface area contributed by atoms with Gasteiger partial charge in [-0.15, -0.1) is 0 Å². The van der Waals surface area contributed by atoms with E-state index in [2.05, 4.69) is 27.3 Å². The number of aromatic amines is 1. The van der Waals surface area contributed by atoms with E-state index in [4.69, 9.17) is 4.74 Å². The van der Waals surface area contributed by atoms with Crippen LogP contribution in [0.15, 0.2) is 71.1 Å². The SMILES string of the molecule is C=CCOc1cccc(/C=N\NC(=O)c2n[nH]c(=O)c3ccccc23)c1. The molecule has 0 bridgehead atoms. The van der Waals surface area contributed by atoms with Crippen LogP contribution in [0.25, 0.3) is 10.8 Å². The van der Waals surface area contributed by atoms with Gasteiger partial charge in [0.15, 0.2) is 5.69 Å². The van der Waals surface area contributed by atoms with Crippen molar-refractivity contribution in [2.45, 2.75) is 0 Å². The number of hydrogen-bond acceptors (Lipinski definition) is 5. The van der Waals surface area contributed by atoms with Gasteiger partial charge >= 0.3 is 0 Å². The third kappa shape index (κ3) is 3.84. The van der Waals surface area contributed by atoms with Crippen molar-refractivity contribution in [2.75, 3.05) is 6.61 Å². The number of carbonyl (C=O) groups excluding carboxylic acids is 1. The predicted molar refractivity (Wildman–Crippen MR) is 99.6 cm³/mol. The van der Waals surface area contributed by atoms with Crippen LogP contribution < -0.4 is 15.7 Å². The predicted octanol–water partition coefficient (Wildman–Crippen LogP) is 2.25. The van der Waals surface area contributed by atoms with E-state index >= 15 is 0 Å². The summed E-state index contributed by atoms with van der Waals surface area (Å²) in [6, 6.07) is 14.0. The summed E-state index contributed by atoms with van der Waals surface area (Å²) < 4.78 is 5.44. The van der Waals surface area contributed by atoms with Crippen LogP contribution in [-0.4, -0.2) is 28.9 Å². The second kappa shape index (κ2) is 7.89. The van der Waals surface area contributed by atoms with Gasteiger partial charge in [-0.2, -0.15) is 10.2 Å². The van der Waals surface area contributed by atoms with E-state index in [0.29, 0.717) is 23.1 Å². The van der Waals surface area contributed by atoms with E-state index in [0.717, 1.165) is 5.56 Å². The summed E-state index contributed by atoms with van der Waals surface area (Å²) >= 11 is 0. The molecule has 1 aromatic heterocycles. The van der Waals surface area contributed by atoms with Gasteiger partial charge in [-0.1, -0.05) is 43.0 Å². The Morgan fingerprint density at radius 2 is 2.04 bits per heavy atom. The number of nitrogens with one attached hydrogen (secondary N) is 2. The number of rotatable bonds is 6. The maximum atomic E-state index is 12.3. The number of hydrazone groups is 1. The molecule has 3 rings (SSSR count). The van der Waals surface area contributed by atoms with Crippen LogP contribution >= 0.6 is 0 Å². The molecule has 26 heavy (non-hydrogen) atoms. The number of benzene rings is 2. The Balaban J connectivity index is 1.75. The molecule has 7 nitrogen and oxygen atoms in total. The second-order valence-corrected chi connectivity index (χ2v) is 5.32. The molecule has 0 saturated carbocycles. The maximum Gasteiger partial charge on any atom is 0.292 e. The van der Waals surface area contributed by atoms with Crippen molar-refractivity contribution in [3.63, 3.8) is 0 Å². The summed E-state index contributed by atoms with van der Waals surface area (Å²) in [7, 11) is 0. The summed E-state index contributed by atoms with van der Waals surface area (Å²) in [5, 5.41) is 10.9. The third-order valence-electron chi connectivity index (χ3n) is 3.52. The van der Waals surface area contributed by atoms with Gasteiger partial charge in [-0.25, -0.2) is 10.5 Å². The highest BCUT2D eigenvalue weighted by atomic mass is 16.5. The van der Waals surface area contributed by atoms with Crippen LogP contribution in [0.5, 0.6) is 5.75 Å². The number of amides is 1. The Kier molecular flexibility index (Phi) is 5.19. The highest BCUT2D eigenvalue weighted by molar-refractivity contribution is 6.04. The van der Waals surface area contributed by atoms with E-state index in [1.54, 1.807) is 36.4 Å². The standard InChI is InChI=1S/C19H16N4O3/c1-2-10-26-14-7-5-6-13(11-14)12-20-22-19(25)17-15-8-3-4-9-16(15)18(24)23-21-17/h2-9,11-12H,1,10H2,(H,22,25)(H,23,24)/b20-12-. The third-order valence-corrected chi connectivity index (χ3v) is 3.52. The lowest BCUT2D eigenvalue weighted by atomic mass is 10.1. The number of carbonyl (C=O) groups is 1. The molecule has 2 aromatic carbocycles. The lowest BCUT2D eigenvalue weighted by Gasteiger charge is -2.04. The van der Waals surface area contributed by atoms with Crippen LogP contribution in [0.3, 0.4) is 0 Å². The molecule has 2 N–H and O–H groups in total. The van der Waals surface area contributed by atoms with Gasteiger partial charge in [0.05, 0.1) is 11.6 Å². The van der Waals surface area contributed by atoms with Gasteiger partial charge in [-0.3, -0.25) is 9.59 Å². The highest BCUT2D eigenvalue weighted by Crippen LogP contribution is 2.13. The Bertz CT molecular complexity index is 1040. The highest BCUT2D eigenvalue weighted by Gasteiger charge is 2.13. The van der Waals surface area contributed by atoms with E-state index in [9.17, 15) is 9.59 Å². The maximum absolute atomic E-state index is 12.3. The second-order valence-electron chi connectivity index (χ2n) is 5.32. The minimum atomic E-state index is -0.521. The van der Waals surface area contributed by atoms with Gasteiger partial charge < -0.3 is 4.74 Å². The molecule has 1 amide bonds. The van der Waals surface area contributed by atoms with Gasteiger partial charge in [0.2, 0.25) is 0 Å². The largest absolute Gasteiger partial charge is 0.490 e. The fourth-order valence-corrected chi connectivity index (χ4v) is 2.35. The molecule has 0 aliphatic heterocycles. The summed E-state index contributed by atoms with van der Waals surface area (Å²) in [6.07, 6.45) is 3.15. The van der Waals surface area contributed by atoms with E-state index in [-0.39, 0.29) is 11.3 Å². The molecule has 130 valence electrons. The first-order valence-corrected chi connectivity index (χ1v) is 7.83. The molecule has 3 aromatic rings. The van der Waals surface area contributed by atoms with Crippen molar-refractivity contribution >= 4 is 22.9 Å². The van der Waals surface area contributed by atoms with Gasteiger partial charge in [0, 0.05) is 5.39 Å². The topological polar surface area (TPSA) is 96.4 Å². The van der Waals surface area contributed by atoms with E-state index in [1.165, 1.54) is 6.21 Å². The first-order chi connectivity index (χ1) is 12.7. The van der Waals surface area contributed by atoms with Crippen molar-refractivity contribution in [3.05, 3.63) is 82.8 Å². The zero-order chi connectivity index (χ0) is 18.4. The Morgan fingerprint density at radius 1 is 1.23 bits per heavy atom. The van der Waals surface area contributed by atoms with Crippen molar-refractivity contribution in [1.82, 2.24) is 15.6 Å². The average Bonchev–Trinajstić information content (AvgIpc) is 2.67. The molecule has 0 fully saturated rings. The monoisotopic (exact) mass is 348 g/mol. The first-order valence-electron chi connectivity index (χ1n) is 7.83. The van der Waals surface area contributed by atoms with Crippen molar-refractivity contribution < 1.29 is 9.53 Å². The molecular weight excluding hydrogens is 332 g/mol. The summed E-state index contributed by atoms with van der Waals surface area (Å²) in [4.78, 5) is 24.1. The Hall–Kier alpha value is -3.74. The molecule has 0 radical (unpaired) electrons. The lowest BCUT2D eigenvalue weighted by Crippen LogP contribution is -2.22. The van der Waals surface area contributed by atoms with Crippen LogP contribution in [0.1, 0.15) is 16.1 Å². The quantitative estimate of drug-likeness (QED) is 0.406. The average molecular weight is 348 g/mol. The summed E-state index contributed by atoms with van der Waals surface area (Å²) in [6.45, 7) is 4.00. The number of hydrogen-bond donors (Lipinski definition) is 2. The zero-order valence-electron chi connectivity index (χ0n) is 13.8. The van der Waals surface area contributed by atoms with Gasteiger partial charge in [0.1, 0.15) is 12.4 Å². The molecule has 1 heterocycles. The number of nitrogens with zero attached hydrogens (tertiary/aromatic N) is 2. The number of aromatic nitrogens is 2. The summed E-state index contributed by atoms with van der Waals surface area (Å²) in [5.74, 6) is 0.154. The molecule has 0 unspecified atom stereocenters. The first kappa shape index (κ1) is 17.1. The van der Waals surface area contributed by atoms with Crippen molar-refractivity contribution in [1.29, 1.82) is 0 Å². The fourth-order valence-electron chi connectivity index (χ4n) is 2.35. The molecule has 0 aliphatic carbocycles. The number of fused-ring (bicyclic) bond motifs is 1. The lowest BCUT2D eigenvalue weighted by molar-refractivity contribution is 0.0951. The molecule has 7 heteroatoms. The molecular formula is C19H16N4O3. The number of H-pyrrole nitrogens is 1. The minimum Gasteiger partial charge on any atom is -0.490 e. The Labute approximate surface area is 149 Å². The van der Waals surface area contributed by atoms with Crippen LogP contribution in [0, 0.1) is 0 Å². The van der Waals surface area contributed by atoms with Crippen molar-refractivity contribution in [2.24, 2.45) is 5.10 Å². The molecule has 0 spiro atoms. The molecule has 0 atom stereocenters. The smallest absolute Gasteiger partial charge is 0.292 e. The number of ether oxygens (including phenoxy) is 1. The summed E-state index contributed by atoms with van der Waals surface area (Å²) in [5.41, 5.74) is 2.91. The van der Waals surface area contributed by atoms with Crippen LogP contribution in [0.4, 0.5) is 0 Å². The van der Waals surface area contributed by atoms with Crippen molar-refractivity contribution in [3.8, 4) is 5.75 Å². The normalized spacial score (nSPS) is 10.8. The van der Waals surface area contributed by atoms with Crippen LogP contribution in [-0.2, 0) is 0 Å². The minimum absolute atomic E-state index is 0.0976. The van der Waals surface area contributed by atoms with Crippen LogP contribution in [0.2, 0.25) is 0 Å². The van der Waals surface area contributed by atoms with E-state index < -0.39 is 5.91 Å². The zero-order valence-corrected chi connectivity index (χ0v) is 13.8. The fraction of sp³-hybridized carbons (Fsp3) is 0.0526. The van der Waals surface area contributed by atoms with Gasteiger partial charge in [0.25, 0.3) is 11.5 Å². The molecule has 0 aliphatic rings. The van der Waals surface area contributed by atoms with E-state index in [1.807, 2.05) is 18.2 Å². The van der Waals surface area contributed by atoms with Gasteiger partial charge in [-0.05, 0) is 23.8 Å². The Morgan fingerprint density at radius 3 is 2.85 bits per heavy atom. The molecule has 0 saturated heterocycles.